The van der Waals surface area contributed by atoms with E-state index in [9.17, 15) is 0 Å². The molecule has 7 rings (SSSR count). The number of pyridine rings is 1. The summed E-state index contributed by atoms with van der Waals surface area (Å²) in [6.45, 7) is 76.2. The maximum Gasteiger partial charge on any atom is 0.232 e. The van der Waals surface area contributed by atoms with Crippen molar-refractivity contribution in [2.75, 3.05) is 0 Å². The fraction of sp³-hybridized carbons (Fsp3) is 0.616. The topological polar surface area (TPSA) is 147 Å². The molecule has 0 bridgehead atoms. The van der Waals surface area contributed by atoms with Gasteiger partial charge in [-0.05, 0) is 49.1 Å². The highest BCUT2D eigenvalue weighted by atomic mass is 16.5. The van der Waals surface area contributed by atoms with Crippen LogP contribution >= 0.6 is 0 Å². The third kappa shape index (κ3) is 27.0. The average molecular weight is 1170 g/mol. The van der Waals surface area contributed by atoms with Gasteiger partial charge in [0.1, 0.15) is 5.69 Å². The minimum atomic E-state index is -0.163. The van der Waals surface area contributed by atoms with Crippen LogP contribution in [0.25, 0.3) is 34.0 Å². The molecule has 85 heavy (non-hydrogen) atoms. The van der Waals surface area contributed by atoms with Gasteiger partial charge in [-0.2, -0.15) is 10.1 Å². The van der Waals surface area contributed by atoms with Crippen molar-refractivity contribution in [2.45, 2.75) is 299 Å². The second-order valence-corrected chi connectivity index (χ2v) is 28.3. The van der Waals surface area contributed by atoms with Crippen molar-refractivity contribution in [1.29, 1.82) is 0 Å². The van der Waals surface area contributed by atoms with Gasteiger partial charge in [0.15, 0.2) is 0 Å². The number of nitrogens with zero attached hydrogens (tertiary/aromatic N) is 11. The molecule has 0 fully saturated rings. The first-order valence-electron chi connectivity index (χ1n) is 31.6. The van der Waals surface area contributed by atoms with Crippen LogP contribution in [0.15, 0.2) is 90.4 Å². The van der Waals surface area contributed by atoms with Crippen LogP contribution in [0.2, 0.25) is 0 Å². The van der Waals surface area contributed by atoms with Gasteiger partial charge in [0.2, 0.25) is 11.7 Å². The first-order chi connectivity index (χ1) is 39.1. The molecule has 0 aliphatic heterocycles. The number of aromatic nitrogens is 11. The van der Waals surface area contributed by atoms with Gasteiger partial charge < -0.3 is 4.52 Å². The first kappa shape index (κ1) is 81.0. The summed E-state index contributed by atoms with van der Waals surface area (Å²) in [6.07, 6.45) is 12.7. The molecular weight excluding hydrogens is 1050 g/mol. The fourth-order valence-electron chi connectivity index (χ4n) is 7.04. The Morgan fingerprint density at radius 1 is 0.365 bits per heavy atom. The van der Waals surface area contributed by atoms with Gasteiger partial charge in [-0.15, -0.1) is 0 Å². The molecule has 6 heterocycles. The Bertz CT molecular complexity index is 2780. The smallest absolute Gasteiger partial charge is 0.232 e. The van der Waals surface area contributed by atoms with Crippen LogP contribution in [0.4, 0.5) is 0 Å². The molecule has 0 spiro atoms. The Kier molecular flexibility index (Phi) is 33.3. The highest BCUT2D eigenvalue weighted by Crippen LogP contribution is 2.32. The Morgan fingerprint density at radius 3 is 1.18 bits per heavy atom. The zero-order chi connectivity index (χ0) is 66.9. The lowest BCUT2D eigenvalue weighted by atomic mass is 9.86. The van der Waals surface area contributed by atoms with E-state index >= 15 is 0 Å². The van der Waals surface area contributed by atoms with E-state index in [4.69, 9.17) is 14.6 Å². The number of hydrogen-bond donors (Lipinski definition) is 0. The number of benzene rings is 1. The van der Waals surface area contributed by atoms with E-state index in [-0.39, 0.29) is 43.3 Å². The molecule has 476 valence electrons. The van der Waals surface area contributed by atoms with Crippen molar-refractivity contribution in [3.8, 4) is 34.0 Å². The Labute approximate surface area is 521 Å². The third-order valence-corrected chi connectivity index (χ3v) is 12.2. The SMILES string of the molecule is CC.CC.CC.CC.CC.CC(C)(C)c1ccc(-c2cnc(C(C)(C)C)cn2)cn1.CC(C)(C)c1cccc(-c2cncc(C(C)(C)C)n2)c1.CC(C)(C)c1cnc(-c2noc(C(C)(C)C)n2)cn1.CC(C)n1nc(C(C)(C)C)cc1C(C)(C)C. The molecule has 0 atom stereocenters. The minimum Gasteiger partial charge on any atom is -0.338 e. The molecule has 0 amide bonds. The van der Waals surface area contributed by atoms with Gasteiger partial charge in [-0.1, -0.05) is 259 Å². The summed E-state index contributed by atoms with van der Waals surface area (Å²) in [5.41, 5.74) is 12.8. The molecule has 0 aliphatic rings. The predicted octanol–water partition coefficient (Wildman–Crippen LogP) is 21.2. The second kappa shape index (κ2) is 34.9. The van der Waals surface area contributed by atoms with Crippen molar-refractivity contribution in [3.63, 3.8) is 0 Å². The van der Waals surface area contributed by atoms with Gasteiger partial charge in [-0.3, -0.25) is 29.6 Å². The van der Waals surface area contributed by atoms with Crippen molar-refractivity contribution < 1.29 is 4.52 Å². The summed E-state index contributed by atoms with van der Waals surface area (Å²) in [7, 11) is 0. The lowest BCUT2D eigenvalue weighted by Crippen LogP contribution is -2.19. The second-order valence-electron chi connectivity index (χ2n) is 28.3. The summed E-state index contributed by atoms with van der Waals surface area (Å²) in [6, 6.07) is 15.4. The Hall–Kier alpha value is -6.04. The molecule has 0 saturated heterocycles. The normalized spacial score (nSPS) is 11.6. The van der Waals surface area contributed by atoms with Crippen molar-refractivity contribution in [3.05, 3.63) is 131 Å². The zero-order valence-corrected chi connectivity index (χ0v) is 61.0. The molecule has 1 aromatic carbocycles. The zero-order valence-electron chi connectivity index (χ0n) is 61.0. The Morgan fingerprint density at radius 2 is 0.824 bits per heavy atom. The molecule has 6 aromatic heterocycles. The van der Waals surface area contributed by atoms with E-state index in [1.165, 1.54) is 17.0 Å². The van der Waals surface area contributed by atoms with Crippen LogP contribution in [-0.4, -0.2) is 54.8 Å². The van der Waals surface area contributed by atoms with Crippen LogP contribution in [0.5, 0.6) is 0 Å². The molecule has 12 nitrogen and oxygen atoms in total. The summed E-state index contributed by atoms with van der Waals surface area (Å²) < 4.78 is 7.42. The molecule has 0 N–H and O–H groups in total. The Balaban J connectivity index is 0. The molecule has 0 radical (unpaired) electrons. The lowest BCUT2D eigenvalue weighted by molar-refractivity contribution is 0.321. The van der Waals surface area contributed by atoms with Gasteiger partial charge >= 0.3 is 0 Å². The summed E-state index contributed by atoms with van der Waals surface area (Å²) in [5.74, 6) is 1.09. The maximum atomic E-state index is 5.25. The summed E-state index contributed by atoms with van der Waals surface area (Å²) in [5, 5.41) is 8.72. The summed E-state index contributed by atoms with van der Waals surface area (Å²) >= 11 is 0. The van der Waals surface area contributed by atoms with E-state index in [0.717, 1.165) is 45.3 Å². The van der Waals surface area contributed by atoms with E-state index in [1.807, 2.05) is 121 Å². The highest BCUT2D eigenvalue weighted by Gasteiger charge is 2.27. The largest absolute Gasteiger partial charge is 0.338 e. The molecule has 12 heteroatoms. The maximum absolute atomic E-state index is 5.25. The van der Waals surface area contributed by atoms with Crippen LogP contribution in [0, 0.1) is 0 Å². The first-order valence-corrected chi connectivity index (χ1v) is 31.6. The van der Waals surface area contributed by atoms with E-state index < -0.39 is 0 Å². The lowest BCUT2D eigenvalue weighted by Gasteiger charge is -2.22. The van der Waals surface area contributed by atoms with Crippen LogP contribution in [0.1, 0.15) is 301 Å². The average Bonchev–Trinajstić information content (AvgIpc) is 3.46. The molecule has 7 aromatic rings. The quantitative estimate of drug-likeness (QED) is 0.166. The highest BCUT2D eigenvalue weighted by molar-refractivity contribution is 5.60. The van der Waals surface area contributed by atoms with Crippen LogP contribution < -0.4 is 0 Å². The van der Waals surface area contributed by atoms with E-state index in [2.05, 4.69) is 246 Å². The van der Waals surface area contributed by atoms with Crippen molar-refractivity contribution in [2.24, 2.45) is 0 Å². The predicted molar refractivity (Wildman–Crippen MR) is 367 cm³/mol. The van der Waals surface area contributed by atoms with E-state index in [0.29, 0.717) is 23.5 Å². The van der Waals surface area contributed by atoms with Crippen molar-refractivity contribution in [1.82, 2.24) is 54.8 Å². The molecule has 0 saturated carbocycles. The number of rotatable bonds is 4. The fourth-order valence-corrected chi connectivity index (χ4v) is 7.04. The van der Waals surface area contributed by atoms with Gasteiger partial charge in [0.05, 0.1) is 52.8 Å². The van der Waals surface area contributed by atoms with Gasteiger partial charge in [0, 0.05) is 91.2 Å². The van der Waals surface area contributed by atoms with Gasteiger partial charge in [0.25, 0.3) is 0 Å². The third-order valence-electron chi connectivity index (χ3n) is 12.2. The van der Waals surface area contributed by atoms with Gasteiger partial charge in [-0.25, -0.2) is 9.97 Å². The standard InChI is InChI=1S/C18H24N2.C17H23N3.C14H20N4O.C14H26N2.5C2H6/c1-17(2,3)14-9-7-8-13(10-14)15-11-19-12-16(20-15)18(4,5)6;1-16(2,3)14-8-7-12(9-19-14)13-10-20-15(11-18-13)17(4,5)6;1-13(2,3)10-8-15-9(7-16-10)11-17-12(19-18-11)14(4,5)6;1-10(2)16-12(14(6,7)8)9-11(15-16)13(3,4)5;5*1-2/h7-12H,1-6H3;7-11H,1-6H3;7-8H,1-6H3;9-10H,1-8H3;5*1-2H3. The van der Waals surface area contributed by atoms with E-state index in [1.54, 1.807) is 12.4 Å². The summed E-state index contributed by atoms with van der Waals surface area (Å²) in [4.78, 5) is 35.8. The van der Waals surface area contributed by atoms with Crippen molar-refractivity contribution >= 4 is 0 Å². The molecular formula is C73H123N11O. The minimum absolute atomic E-state index is 0.0145. The molecule has 0 unspecified atom stereocenters. The number of hydrogen-bond acceptors (Lipinski definition) is 11. The van der Waals surface area contributed by atoms with Crippen LogP contribution in [0.3, 0.4) is 0 Å². The molecule has 0 aliphatic carbocycles. The van der Waals surface area contributed by atoms with Crippen LogP contribution in [-0.2, 0) is 43.3 Å². The monoisotopic (exact) mass is 1170 g/mol.